The lowest BCUT2D eigenvalue weighted by Gasteiger charge is -2.37. The van der Waals surface area contributed by atoms with Gasteiger partial charge in [-0.25, -0.2) is 0 Å². The van der Waals surface area contributed by atoms with Gasteiger partial charge in [0.05, 0.1) is 11.2 Å². The summed E-state index contributed by atoms with van der Waals surface area (Å²) in [6.07, 6.45) is -3.37. The van der Waals surface area contributed by atoms with Gasteiger partial charge in [0.15, 0.2) is 5.69 Å². The summed E-state index contributed by atoms with van der Waals surface area (Å²) in [7, 11) is -0.275. The maximum Gasteiger partial charge on any atom is 0.434 e. The van der Waals surface area contributed by atoms with Crippen LogP contribution < -0.4 is 5.46 Å². The van der Waals surface area contributed by atoms with Crippen LogP contribution in [0, 0.1) is 0 Å². The Morgan fingerprint density at radius 1 is 1.28 bits per heavy atom. The minimum absolute atomic E-state index is 0.0835. The third-order valence-electron chi connectivity index (χ3n) is 3.05. The molecule has 1 aromatic rings. The highest BCUT2D eigenvalue weighted by Crippen LogP contribution is 2.27. The van der Waals surface area contributed by atoms with Gasteiger partial charge in [-0.15, -0.1) is 0 Å². The van der Waals surface area contributed by atoms with Gasteiger partial charge in [0, 0.05) is 6.20 Å². The number of rotatable bonds is 4. The van der Waals surface area contributed by atoms with Crippen LogP contribution >= 0.6 is 0 Å². The average molecular weight is 264 g/mol. The second-order valence-electron chi connectivity index (χ2n) is 5.11. The fourth-order valence-electron chi connectivity index (χ4n) is 1.11. The molecule has 0 spiro atoms. The highest BCUT2D eigenvalue weighted by molar-refractivity contribution is 6.47. The number of nitrogens with one attached hydrogen (secondary N) is 1. The highest BCUT2D eigenvalue weighted by Gasteiger charge is 2.39. The van der Waals surface area contributed by atoms with E-state index in [1.807, 2.05) is 0 Å². The van der Waals surface area contributed by atoms with Crippen molar-refractivity contribution in [2.45, 2.75) is 45.1 Å². The molecule has 0 unspecified atom stereocenters. The van der Waals surface area contributed by atoms with Gasteiger partial charge in [0.25, 0.3) is 0 Å². The molecule has 2 N–H and O–H groups in total. The fourth-order valence-corrected chi connectivity index (χ4v) is 1.11. The Morgan fingerprint density at radius 3 is 2.28 bits per heavy atom. The summed E-state index contributed by atoms with van der Waals surface area (Å²) in [6.45, 7) is 6.29. The molecular weight excluding hydrogens is 248 g/mol. The van der Waals surface area contributed by atoms with E-state index in [1.165, 1.54) is 13.8 Å². The molecule has 1 heterocycles. The highest BCUT2D eigenvalue weighted by atomic mass is 19.4. The number of aromatic amines is 1. The average Bonchev–Trinajstić information content (AvgIpc) is 2.59. The molecule has 8 heteroatoms. The normalized spacial score (nSPS) is 13.8. The SMILES string of the molecule is CC(C)(O)C(C)(C)OBc1c[nH]nc1C(F)(F)F. The van der Waals surface area contributed by atoms with Crippen LogP contribution in [0.4, 0.5) is 13.2 Å². The summed E-state index contributed by atoms with van der Waals surface area (Å²) in [5, 5.41) is 15.2. The molecule has 0 fully saturated rings. The summed E-state index contributed by atoms with van der Waals surface area (Å²) in [4.78, 5) is 0. The molecule has 0 aliphatic rings. The summed E-state index contributed by atoms with van der Waals surface area (Å²) in [5.41, 5.74) is -3.23. The van der Waals surface area contributed by atoms with E-state index in [2.05, 4.69) is 10.2 Å². The van der Waals surface area contributed by atoms with E-state index in [9.17, 15) is 18.3 Å². The van der Waals surface area contributed by atoms with Crippen molar-refractivity contribution in [3.63, 3.8) is 0 Å². The third kappa shape index (κ3) is 3.26. The van der Waals surface area contributed by atoms with Crippen LogP contribution in [0.5, 0.6) is 0 Å². The Bertz CT molecular complexity index is 410. The van der Waals surface area contributed by atoms with Gasteiger partial charge in [0.1, 0.15) is 0 Å². The molecule has 4 nitrogen and oxygen atoms in total. The number of alkyl halides is 3. The molecule has 0 radical (unpaired) electrons. The van der Waals surface area contributed by atoms with E-state index in [-0.39, 0.29) is 12.9 Å². The number of halogens is 3. The molecule has 0 aliphatic carbocycles. The quantitative estimate of drug-likeness (QED) is 0.797. The molecule has 1 rings (SSSR count). The zero-order valence-electron chi connectivity index (χ0n) is 10.7. The molecule has 0 saturated heterocycles. The lowest BCUT2D eigenvalue weighted by Crippen LogP contribution is -2.49. The van der Waals surface area contributed by atoms with Crippen molar-refractivity contribution in [2.24, 2.45) is 0 Å². The lowest BCUT2D eigenvalue weighted by atomic mass is 9.82. The molecule has 18 heavy (non-hydrogen) atoms. The van der Waals surface area contributed by atoms with Gasteiger partial charge in [-0.3, -0.25) is 5.10 Å². The van der Waals surface area contributed by atoms with Crippen LogP contribution in [0.15, 0.2) is 6.20 Å². The van der Waals surface area contributed by atoms with Gasteiger partial charge in [-0.05, 0) is 33.2 Å². The number of hydrogen-bond donors (Lipinski definition) is 2. The zero-order chi connectivity index (χ0) is 14.2. The number of aromatic nitrogens is 2. The van der Waals surface area contributed by atoms with E-state index in [0.717, 1.165) is 6.20 Å². The molecule has 0 bridgehead atoms. The van der Waals surface area contributed by atoms with Crippen LogP contribution in [-0.2, 0) is 10.8 Å². The number of hydrogen-bond acceptors (Lipinski definition) is 3. The maximum atomic E-state index is 12.5. The van der Waals surface area contributed by atoms with Gasteiger partial charge in [-0.2, -0.15) is 18.3 Å². The van der Waals surface area contributed by atoms with Crippen LogP contribution in [-0.4, -0.2) is 34.0 Å². The Morgan fingerprint density at radius 2 is 1.83 bits per heavy atom. The fraction of sp³-hybridized carbons (Fsp3) is 0.700. The first-order chi connectivity index (χ1) is 7.95. The molecule has 0 aliphatic heterocycles. The van der Waals surface area contributed by atoms with Crippen molar-refractivity contribution in [1.29, 1.82) is 0 Å². The lowest BCUT2D eigenvalue weighted by molar-refractivity contribution is -0.140. The van der Waals surface area contributed by atoms with Crippen LogP contribution in [0.25, 0.3) is 0 Å². The minimum Gasteiger partial charge on any atom is -0.427 e. The molecule has 0 aromatic carbocycles. The molecule has 1 aromatic heterocycles. The Kier molecular flexibility index (Phi) is 3.83. The molecule has 0 atom stereocenters. The largest absolute Gasteiger partial charge is 0.434 e. The minimum atomic E-state index is -4.52. The summed E-state index contributed by atoms with van der Waals surface area (Å²) in [6, 6.07) is 0. The number of aliphatic hydroxyl groups is 1. The molecule has 102 valence electrons. The van der Waals surface area contributed by atoms with Gasteiger partial charge in [0.2, 0.25) is 0 Å². The van der Waals surface area contributed by atoms with Gasteiger partial charge < -0.3 is 9.76 Å². The monoisotopic (exact) mass is 264 g/mol. The number of nitrogens with zero attached hydrogens (tertiary/aromatic N) is 1. The van der Waals surface area contributed by atoms with Crippen molar-refractivity contribution < 1.29 is 22.9 Å². The Balaban J connectivity index is 2.80. The summed E-state index contributed by atoms with van der Waals surface area (Å²) >= 11 is 0. The maximum absolute atomic E-state index is 12.5. The van der Waals surface area contributed by atoms with E-state index in [0.29, 0.717) is 0 Å². The van der Waals surface area contributed by atoms with Gasteiger partial charge >= 0.3 is 13.7 Å². The van der Waals surface area contributed by atoms with Crippen LogP contribution in [0.2, 0.25) is 0 Å². The second kappa shape index (κ2) is 4.58. The summed E-state index contributed by atoms with van der Waals surface area (Å²) in [5.74, 6) is 0. The standard InChI is InChI=1S/C10H16BF3N2O2/c1-8(2,17)9(3,4)18-11-6-5-15-16-7(6)10(12,13)14/h5,11,17H,1-4H3,(H,15,16). The van der Waals surface area contributed by atoms with Crippen molar-refractivity contribution in [1.82, 2.24) is 10.2 Å². The topological polar surface area (TPSA) is 58.1 Å². The van der Waals surface area contributed by atoms with E-state index >= 15 is 0 Å². The first kappa shape index (κ1) is 15.0. The van der Waals surface area contributed by atoms with Crippen LogP contribution in [0.3, 0.4) is 0 Å². The second-order valence-corrected chi connectivity index (χ2v) is 5.11. The predicted octanol–water partition coefficient (Wildman–Crippen LogP) is 0.971. The molecule has 0 saturated carbocycles. The van der Waals surface area contributed by atoms with E-state index in [4.69, 9.17) is 4.65 Å². The zero-order valence-corrected chi connectivity index (χ0v) is 10.7. The van der Waals surface area contributed by atoms with Crippen molar-refractivity contribution in [3.8, 4) is 0 Å². The predicted molar refractivity (Wildman–Crippen MR) is 61.8 cm³/mol. The van der Waals surface area contributed by atoms with Crippen molar-refractivity contribution in [2.75, 3.05) is 0 Å². The smallest absolute Gasteiger partial charge is 0.427 e. The van der Waals surface area contributed by atoms with Crippen molar-refractivity contribution in [3.05, 3.63) is 11.9 Å². The Hall–Kier alpha value is -1.02. The first-order valence-corrected chi connectivity index (χ1v) is 5.41. The van der Waals surface area contributed by atoms with Crippen LogP contribution in [0.1, 0.15) is 33.4 Å². The number of H-pyrrole nitrogens is 1. The third-order valence-corrected chi connectivity index (χ3v) is 3.05. The van der Waals surface area contributed by atoms with E-state index in [1.54, 1.807) is 13.8 Å². The molecular formula is C10H16BF3N2O2. The van der Waals surface area contributed by atoms with Gasteiger partial charge in [-0.1, -0.05) is 0 Å². The Labute approximate surface area is 104 Å². The summed E-state index contributed by atoms with van der Waals surface area (Å²) < 4.78 is 43.0. The first-order valence-electron chi connectivity index (χ1n) is 5.41. The molecule has 0 amide bonds. The van der Waals surface area contributed by atoms with E-state index < -0.39 is 23.1 Å². The van der Waals surface area contributed by atoms with Crippen molar-refractivity contribution >= 4 is 12.9 Å².